The molecule has 28 heavy (non-hydrogen) atoms. The van der Waals surface area contributed by atoms with E-state index in [1.165, 1.54) is 4.80 Å². The average molecular weight is 384 g/mol. The lowest BCUT2D eigenvalue weighted by Crippen LogP contribution is -2.43. The number of nitrogens with one attached hydrogen (secondary N) is 1. The van der Waals surface area contributed by atoms with E-state index in [0.29, 0.717) is 45.1 Å². The highest BCUT2D eigenvalue weighted by atomic mass is 16.5. The van der Waals surface area contributed by atoms with Gasteiger partial charge in [-0.1, -0.05) is 18.2 Å². The fourth-order valence-corrected chi connectivity index (χ4v) is 3.51. The molecule has 0 saturated carbocycles. The number of methoxy groups -OCH3 is 1. The zero-order chi connectivity index (χ0) is 19.5. The monoisotopic (exact) mass is 384 g/mol. The predicted octanol–water partition coefficient (Wildman–Crippen LogP) is 1.25. The number of benzene rings is 1. The highest BCUT2D eigenvalue weighted by molar-refractivity contribution is 5.90. The van der Waals surface area contributed by atoms with Crippen LogP contribution in [-0.2, 0) is 27.2 Å². The molecule has 3 heterocycles. The second-order valence-corrected chi connectivity index (χ2v) is 6.89. The maximum atomic E-state index is 13.0. The van der Waals surface area contributed by atoms with Gasteiger partial charge >= 0.3 is 0 Å². The first-order valence-electron chi connectivity index (χ1n) is 9.38. The molecule has 1 aromatic carbocycles. The minimum absolute atomic E-state index is 0.0768. The lowest BCUT2D eigenvalue weighted by molar-refractivity contribution is -0.138. The molecule has 1 fully saturated rings. The molecular formula is C19H24N6O3. The number of aromatic amines is 1. The van der Waals surface area contributed by atoms with Gasteiger partial charge in [0.15, 0.2) is 0 Å². The molecule has 0 spiro atoms. The summed E-state index contributed by atoms with van der Waals surface area (Å²) in [7, 11) is 1.63. The highest BCUT2D eigenvalue weighted by Gasteiger charge is 2.29. The number of ether oxygens (including phenoxy) is 2. The van der Waals surface area contributed by atoms with Crippen LogP contribution in [0, 0.1) is 6.92 Å². The molecule has 9 heteroatoms. The topological polar surface area (TPSA) is 98.2 Å². The molecule has 1 unspecified atom stereocenters. The third-order valence-electron chi connectivity index (χ3n) is 5.03. The molecule has 1 saturated heterocycles. The Kier molecular flexibility index (Phi) is 5.36. The van der Waals surface area contributed by atoms with Gasteiger partial charge in [0, 0.05) is 30.3 Å². The Morgan fingerprint density at radius 2 is 2.25 bits per heavy atom. The molecule has 0 bridgehead atoms. The molecule has 148 valence electrons. The maximum Gasteiger partial charge on any atom is 0.227 e. The van der Waals surface area contributed by atoms with Crippen LogP contribution in [0.4, 0.5) is 0 Å². The average Bonchev–Trinajstić information content (AvgIpc) is 3.31. The number of para-hydroxylation sites is 1. The Hall–Kier alpha value is -2.78. The van der Waals surface area contributed by atoms with Gasteiger partial charge in [-0.15, -0.1) is 10.2 Å². The summed E-state index contributed by atoms with van der Waals surface area (Å²) in [6, 6.07) is 8.06. The van der Waals surface area contributed by atoms with Crippen LogP contribution in [0.3, 0.4) is 0 Å². The van der Waals surface area contributed by atoms with Crippen LogP contribution >= 0.6 is 0 Å². The summed E-state index contributed by atoms with van der Waals surface area (Å²) in [5.74, 6) is 0.574. The number of morpholine rings is 1. The molecule has 4 rings (SSSR count). The van der Waals surface area contributed by atoms with Gasteiger partial charge in [0.2, 0.25) is 11.7 Å². The van der Waals surface area contributed by atoms with Crippen LogP contribution in [0.15, 0.2) is 24.3 Å². The second-order valence-electron chi connectivity index (χ2n) is 6.89. The van der Waals surface area contributed by atoms with Crippen molar-refractivity contribution in [2.75, 3.05) is 33.4 Å². The number of aryl methyl sites for hydroxylation is 1. The smallest absolute Gasteiger partial charge is 0.227 e. The van der Waals surface area contributed by atoms with Crippen LogP contribution < -0.4 is 0 Å². The third kappa shape index (κ3) is 3.76. The molecule has 1 amide bonds. The Morgan fingerprint density at radius 3 is 3.11 bits per heavy atom. The van der Waals surface area contributed by atoms with Crippen LogP contribution in [0.5, 0.6) is 0 Å². The summed E-state index contributed by atoms with van der Waals surface area (Å²) >= 11 is 0. The fraction of sp³-hybridized carbons (Fsp3) is 0.474. The Bertz CT molecular complexity index is 966. The summed E-state index contributed by atoms with van der Waals surface area (Å²) in [4.78, 5) is 19.6. The number of rotatable bonds is 6. The number of carbonyl (C=O) groups excluding carboxylic acids is 1. The number of hydrogen-bond acceptors (Lipinski definition) is 6. The summed E-state index contributed by atoms with van der Waals surface area (Å²) < 4.78 is 10.8. The number of carbonyl (C=O) groups is 1. The minimum Gasteiger partial charge on any atom is -0.383 e. The summed E-state index contributed by atoms with van der Waals surface area (Å²) in [6.07, 6.45) is -0.00524. The van der Waals surface area contributed by atoms with E-state index in [1.807, 2.05) is 36.1 Å². The lowest BCUT2D eigenvalue weighted by Gasteiger charge is -2.31. The minimum atomic E-state index is -0.363. The van der Waals surface area contributed by atoms with Crippen LogP contribution in [-0.4, -0.2) is 69.4 Å². The predicted molar refractivity (Wildman–Crippen MR) is 102 cm³/mol. The standard InChI is InChI=1S/C19H24N6O3/c1-13-15(14-5-3-4-6-16(14)20-13)11-18(26)24-7-10-28-17(12-24)19-21-23-25(22-19)8-9-27-2/h3-6,17,20H,7-12H2,1-2H3. The van der Waals surface area contributed by atoms with Gasteiger partial charge in [-0.3, -0.25) is 4.79 Å². The van der Waals surface area contributed by atoms with E-state index in [9.17, 15) is 4.79 Å². The highest BCUT2D eigenvalue weighted by Crippen LogP contribution is 2.24. The van der Waals surface area contributed by atoms with Crippen molar-refractivity contribution in [3.8, 4) is 0 Å². The molecule has 0 aliphatic carbocycles. The first kappa shape index (κ1) is 18.6. The molecule has 2 aromatic heterocycles. The summed E-state index contributed by atoms with van der Waals surface area (Å²) in [5, 5.41) is 13.5. The van der Waals surface area contributed by atoms with Crippen molar-refractivity contribution in [1.82, 2.24) is 30.1 Å². The Labute approximate surface area is 162 Å². The molecule has 0 radical (unpaired) electrons. The van der Waals surface area contributed by atoms with E-state index in [-0.39, 0.29) is 12.0 Å². The number of H-pyrrole nitrogens is 1. The van der Waals surface area contributed by atoms with Gasteiger partial charge in [-0.05, 0) is 23.8 Å². The van der Waals surface area contributed by atoms with E-state index < -0.39 is 0 Å². The molecule has 1 aliphatic heterocycles. The zero-order valence-corrected chi connectivity index (χ0v) is 16.1. The van der Waals surface area contributed by atoms with E-state index in [0.717, 1.165) is 22.2 Å². The molecule has 3 aromatic rings. The lowest BCUT2D eigenvalue weighted by atomic mass is 10.1. The van der Waals surface area contributed by atoms with E-state index in [4.69, 9.17) is 9.47 Å². The van der Waals surface area contributed by atoms with Crippen molar-refractivity contribution < 1.29 is 14.3 Å². The van der Waals surface area contributed by atoms with Gasteiger partial charge in [0.25, 0.3) is 0 Å². The largest absolute Gasteiger partial charge is 0.383 e. The van der Waals surface area contributed by atoms with Crippen molar-refractivity contribution in [2.45, 2.75) is 26.0 Å². The van der Waals surface area contributed by atoms with Gasteiger partial charge < -0.3 is 19.4 Å². The summed E-state index contributed by atoms with van der Waals surface area (Å²) in [5.41, 5.74) is 3.13. The van der Waals surface area contributed by atoms with Crippen molar-refractivity contribution in [3.63, 3.8) is 0 Å². The number of fused-ring (bicyclic) bond motifs is 1. The Balaban J connectivity index is 1.44. The number of aromatic nitrogens is 5. The number of nitrogens with zero attached hydrogens (tertiary/aromatic N) is 5. The fourth-order valence-electron chi connectivity index (χ4n) is 3.51. The molecule has 9 nitrogen and oxygen atoms in total. The van der Waals surface area contributed by atoms with Crippen molar-refractivity contribution in [3.05, 3.63) is 41.3 Å². The van der Waals surface area contributed by atoms with Crippen LogP contribution in [0.1, 0.15) is 23.2 Å². The molecular weight excluding hydrogens is 360 g/mol. The first-order valence-corrected chi connectivity index (χ1v) is 9.38. The SMILES string of the molecule is COCCn1nnc(C2CN(C(=O)Cc3c(C)[nH]c4ccccc34)CCO2)n1. The second kappa shape index (κ2) is 8.07. The van der Waals surface area contributed by atoms with E-state index in [1.54, 1.807) is 7.11 Å². The number of hydrogen-bond donors (Lipinski definition) is 1. The van der Waals surface area contributed by atoms with Gasteiger partial charge in [0.05, 0.1) is 32.7 Å². The number of tetrazole rings is 1. The van der Waals surface area contributed by atoms with Crippen molar-refractivity contribution in [2.24, 2.45) is 0 Å². The van der Waals surface area contributed by atoms with Crippen LogP contribution in [0.25, 0.3) is 10.9 Å². The van der Waals surface area contributed by atoms with E-state index in [2.05, 4.69) is 20.4 Å². The third-order valence-corrected chi connectivity index (χ3v) is 5.03. The van der Waals surface area contributed by atoms with Gasteiger partial charge in [-0.25, -0.2) is 0 Å². The van der Waals surface area contributed by atoms with Crippen molar-refractivity contribution >= 4 is 16.8 Å². The summed E-state index contributed by atoms with van der Waals surface area (Å²) in [6.45, 7) is 4.49. The first-order chi connectivity index (χ1) is 13.7. The molecule has 1 atom stereocenters. The van der Waals surface area contributed by atoms with E-state index >= 15 is 0 Å². The maximum absolute atomic E-state index is 13.0. The quantitative estimate of drug-likeness (QED) is 0.687. The van der Waals surface area contributed by atoms with Crippen molar-refractivity contribution in [1.29, 1.82) is 0 Å². The molecule has 1 N–H and O–H groups in total. The zero-order valence-electron chi connectivity index (χ0n) is 16.1. The molecule has 1 aliphatic rings. The Morgan fingerprint density at radius 1 is 1.39 bits per heavy atom. The van der Waals surface area contributed by atoms with Gasteiger partial charge in [0.1, 0.15) is 6.10 Å². The number of amides is 1. The normalized spacial score (nSPS) is 17.4. The van der Waals surface area contributed by atoms with Gasteiger partial charge in [-0.2, -0.15) is 4.80 Å². The van der Waals surface area contributed by atoms with Crippen LogP contribution in [0.2, 0.25) is 0 Å².